The van der Waals surface area contributed by atoms with E-state index in [1.54, 1.807) is 6.07 Å². The first-order valence-electron chi connectivity index (χ1n) is 7.08. The van der Waals surface area contributed by atoms with Gasteiger partial charge in [-0.25, -0.2) is 0 Å². The quantitative estimate of drug-likeness (QED) is 0.480. The number of nitro groups is 1. The molecule has 1 heterocycles. The molecule has 0 spiro atoms. The highest BCUT2D eigenvalue weighted by Gasteiger charge is 2.34. The van der Waals surface area contributed by atoms with Crippen molar-refractivity contribution in [1.29, 1.82) is 0 Å². The summed E-state index contributed by atoms with van der Waals surface area (Å²) in [4.78, 5) is 36.3. The molecule has 2 amide bonds. The smallest absolute Gasteiger partial charge is 0.268 e. The lowest BCUT2D eigenvalue weighted by Crippen LogP contribution is -2.27. The number of rotatable bonds is 4. The summed E-state index contributed by atoms with van der Waals surface area (Å²) in [5.41, 5.74) is 1.30. The maximum atomic E-state index is 12.4. The molecule has 1 aliphatic rings. The van der Waals surface area contributed by atoms with Gasteiger partial charge in [0.25, 0.3) is 16.8 Å². The van der Waals surface area contributed by atoms with Crippen LogP contribution in [0.1, 0.15) is 11.1 Å². The maximum absolute atomic E-state index is 12.4. The molecule has 2 aromatic carbocycles. The lowest BCUT2D eigenvalue weighted by Gasteiger charge is -2.12. The zero-order valence-corrected chi connectivity index (χ0v) is 13.2. The van der Waals surface area contributed by atoms with E-state index < -0.39 is 4.92 Å². The summed E-state index contributed by atoms with van der Waals surface area (Å²) in [5.74, 6) is -0.389. The summed E-state index contributed by atoms with van der Waals surface area (Å²) in [6.45, 7) is 0.206. The Morgan fingerprint density at radius 3 is 2.54 bits per heavy atom. The van der Waals surface area contributed by atoms with Crippen molar-refractivity contribution in [1.82, 2.24) is 4.90 Å². The minimum atomic E-state index is -0.502. The van der Waals surface area contributed by atoms with Crippen molar-refractivity contribution in [3.8, 4) is 0 Å². The minimum Gasteiger partial charge on any atom is -0.268 e. The highest BCUT2D eigenvalue weighted by molar-refractivity contribution is 8.18. The third kappa shape index (κ3) is 3.36. The molecule has 7 heteroatoms. The Morgan fingerprint density at radius 1 is 1.08 bits per heavy atom. The number of carbonyl (C=O) groups is 2. The van der Waals surface area contributed by atoms with Gasteiger partial charge in [-0.15, -0.1) is 0 Å². The molecule has 0 atom stereocenters. The molecule has 6 nitrogen and oxygen atoms in total. The van der Waals surface area contributed by atoms with Gasteiger partial charge in [0.15, 0.2) is 0 Å². The Morgan fingerprint density at radius 2 is 1.83 bits per heavy atom. The van der Waals surface area contributed by atoms with Gasteiger partial charge in [-0.2, -0.15) is 0 Å². The monoisotopic (exact) mass is 340 g/mol. The van der Waals surface area contributed by atoms with E-state index in [4.69, 9.17) is 0 Å². The van der Waals surface area contributed by atoms with Crippen LogP contribution in [-0.2, 0) is 11.3 Å². The molecule has 3 rings (SSSR count). The summed E-state index contributed by atoms with van der Waals surface area (Å²) in [6.07, 6.45) is 1.50. The Bertz CT molecular complexity index is 849. The van der Waals surface area contributed by atoms with Crippen LogP contribution in [0.15, 0.2) is 59.5 Å². The molecule has 0 aromatic heterocycles. The zero-order valence-electron chi connectivity index (χ0n) is 12.4. The Kier molecular flexibility index (Phi) is 4.43. The number of nitrogens with zero attached hydrogens (tertiary/aromatic N) is 2. The van der Waals surface area contributed by atoms with Crippen LogP contribution in [0.4, 0.5) is 10.5 Å². The second kappa shape index (κ2) is 6.67. The van der Waals surface area contributed by atoms with Crippen molar-refractivity contribution in [2.45, 2.75) is 6.54 Å². The van der Waals surface area contributed by atoms with Crippen molar-refractivity contribution in [3.05, 3.63) is 80.7 Å². The molecule has 24 heavy (non-hydrogen) atoms. The van der Waals surface area contributed by atoms with Crippen LogP contribution in [0.25, 0.3) is 6.08 Å². The molecule has 1 fully saturated rings. The first kappa shape index (κ1) is 15.9. The summed E-state index contributed by atoms with van der Waals surface area (Å²) < 4.78 is 0. The second-order valence-corrected chi connectivity index (χ2v) is 6.10. The third-order valence-corrected chi connectivity index (χ3v) is 4.34. The molecule has 0 unspecified atom stereocenters. The van der Waals surface area contributed by atoms with Crippen molar-refractivity contribution in [2.24, 2.45) is 0 Å². The van der Waals surface area contributed by atoms with E-state index in [2.05, 4.69) is 0 Å². The fourth-order valence-electron chi connectivity index (χ4n) is 2.28. The van der Waals surface area contributed by atoms with Crippen LogP contribution in [0.3, 0.4) is 0 Å². The molecule has 1 aliphatic heterocycles. The first-order chi connectivity index (χ1) is 11.5. The van der Waals surface area contributed by atoms with Crippen molar-refractivity contribution < 1.29 is 14.5 Å². The topological polar surface area (TPSA) is 80.5 Å². The summed E-state index contributed by atoms with van der Waals surface area (Å²) >= 11 is 0.839. The van der Waals surface area contributed by atoms with Gasteiger partial charge in [0.2, 0.25) is 0 Å². The number of nitro benzene ring substituents is 1. The summed E-state index contributed by atoms with van der Waals surface area (Å²) in [5, 5.41) is 10.5. The SMILES string of the molecule is O=C1S/C(=C\c2cccc([N+](=O)[O-])c2)C(=O)N1Cc1ccccc1. The van der Waals surface area contributed by atoms with E-state index in [1.165, 1.54) is 29.2 Å². The Hall–Kier alpha value is -2.93. The highest BCUT2D eigenvalue weighted by atomic mass is 32.2. The third-order valence-electron chi connectivity index (χ3n) is 3.44. The first-order valence-corrected chi connectivity index (χ1v) is 7.90. The van der Waals surface area contributed by atoms with Crippen molar-refractivity contribution in [2.75, 3.05) is 0 Å². The van der Waals surface area contributed by atoms with Crippen LogP contribution in [0.5, 0.6) is 0 Å². The maximum Gasteiger partial charge on any atom is 0.293 e. The van der Waals surface area contributed by atoms with Crippen LogP contribution in [0, 0.1) is 10.1 Å². The predicted molar refractivity (Wildman–Crippen MR) is 91.1 cm³/mol. The molecular weight excluding hydrogens is 328 g/mol. The van der Waals surface area contributed by atoms with E-state index in [0.29, 0.717) is 5.56 Å². The standard InChI is InChI=1S/C17H12N2O4S/c20-16-15(10-13-7-4-8-14(9-13)19(22)23)24-17(21)18(16)11-12-5-2-1-3-6-12/h1-10H,11H2/b15-10-. The number of hydrogen-bond donors (Lipinski definition) is 0. The van der Waals surface area contributed by atoms with Gasteiger partial charge >= 0.3 is 0 Å². The highest BCUT2D eigenvalue weighted by Crippen LogP contribution is 2.33. The fourth-order valence-corrected chi connectivity index (χ4v) is 3.12. The fraction of sp³-hybridized carbons (Fsp3) is 0.0588. The Balaban J connectivity index is 1.83. The van der Waals surface area contributed by atoms with E-state index in [-0.39, 0.29) is 28.3 Å². The minimum absolute atomic E-state index is 0.0627. The lowest BCUT2D eigenvalue weighted by molar-refractivity contribution is -0.384. The number of non-ortho nitro benzene ring substituents is 1. The van der Waals surface area contributed by atoms with Gasteiger partial charge in [-0.1, -0.05) is 42.5 Å². The van der Waals surface area contributed by atoms with E-state index in [0.717, 1.165) is 17.3 Å². The van der Waals surface area contributed by atoms with Crippen LogP contribution < -0.4 is 0 Å². The summed E-state index contributed by atoms with van der Waals surface area (Å²) in [7, 11) is 0. The normalized spacial score (nSPS) is 16.0. The largest absolute Gasteiger partial charge is 0.293 e. The van der Waals surface area contributed by atoms with E-state index in [1.807, 2.05) is 30.3 Å². The van der Waals surface area contributed by atoms with E-state index in [9.17, 15) is 19.7 Å². The lowest BCUT2D eigenvalue weighted by atomic mass is 10.2. The van der Waals surface area contributed by atoms with Gasteiger partial charge in [0, 0.05) is 12.1 Å². The molecule has 2 aromatic rings. The molecule has 0 N–H and O–H groups in total. The predicted octanol–water partition coefficient (Wildman–Crippen LogP) is 3.83. The number of thioether (sulfide) groups is 1. The van der Waals surface area contributed by atoms with Gasteiger partial charge < -0.3 is 0 Å². The average molecular weight is 340 g/mol. The van der Waals surface area contributed by atoms with Crippen LogP contribution in [0.2, 0.25) is 0 Å². The van der Waals surface area contributed by atoms with Crippen molar-refractivity contribution >= 4 is 34.7 Å². The molecule has 0 bridgehead atoms. The van der Waals surface area contributed by atoms with Crippen molar-refractivity contribution in [3.63, 3.8) is 0 Å². The van der Waals surface area contributed by atoms with Gasteiger partial charge in [0.05, 0.1) is 16.4 Å². The van der Waals surface area contributed by atoms with Crippen LogP contribution in [-0.4, -0.2) is 21.0 Å². The molecule has 0 aliphatic carbocycles. The van der Waals surface area contributed by atoms with E-state index >= 15 is 0 Å². The molecular formula is C17H12N2O4S. The van der Waals surface area contributed by atoms with Gasteiger partial charge in [-0.05, 0) is 29.0 Å². The van der Waals surface area contributed by atoms with Crippen LogP contribution >= 0.6 is 11.8 Å². The number of benzene rings is 2. The zero-order chi connectivity index (χ0) is 17.1. The van der Waals surface area contributed by atoms with Gasteiger partial charge in [0.1, 0.15) is 0 Å². The average Bonchev–Trinajstić information content (AvgIpc) is 2.83. The number of hydrogen-bond acceptors (Lipinski definition) is 5. The number of amides is 2. The number of carbonyl (C=O) groups excluding carboxylic acids is 2. The van der Waals surface area contributed by atoms with Gasteiger partial charge in [-0.3, -0.25) is 24.6 Å². The summed E-state index contributed by atoms with van der Waals surface area (Å²) in [6, 6.07) is 15.2. The second-order valence-electron chi connectivity index (χ2n) is 5.11. The molecule has 0 radical (unpaired) electrons. The molecule has 1 saturated heterocycles. The Labute approximate surface area is 141 Å². The number of imide groups is 1. The molecule has 0 saturated carbocycles. The molecule has 120 valence electrons.